The summed E-state index contributed by atoms with van der Waals surface area (Å²) in [5.74, 6) is 0. The lowest BCUT2D eigenvalue weighted by Crippen LogP contribution is -2.37. The number of hydrogen-bond acceptors (Lipinski definition) is 4. The van der Waals surface area contributed by atoms with Gasteiger partial charge in [-0.3, -0.25) is 0 Å². The van der Waals surface area contributed by atoms with Crippen LogP contribution >= 0.6 is 8.53 Å². The monoisotopic (exact) mass is 356 g/mol. The molecule has 2 radical (unpaired) electrons. The molecule has 0 spiro atoms. The first-order valence-corrected chi connectivity index (χ1v) is 10.0. The number of ether oxygens (including phenoxy) is 1. The minimum Gasteiger partial charge on any atom is -0.382 e. The van der Waals surface area contributed by atoms with Crippen LogP contribution in [0, 0.1) is 6.57 Å². The predicted molar refractivity (Wildman–Crippen MR) is 102 cm³/mol. The molecule has 24 heavy (non-hydrogen) atoms. The molecule has 3 atom stereocenters. The van der Waals surface area contributed by atoms with Gasteiger partial charge in [0.05, 0.1) is 12.2 Å². The third-order valence-electron chi connectivity index (χ3n) is 3.63. The lowest BCUT2D eigenvalue weighted by Gasteiger charge is -2.38. The van der Waals surface area contributed by atoms with E-state index in [1.54, 1.807) is 0 Å². The molecule has 0 aliphatic carbocycles. The highest BCUT2D eigenvalue weighted by Crippen LogP contribution is 2.47. The maximum Gasteiger partial charge on any atom is 0.259 e. The zero-order chi connectivity index (χ0) is 18.7. The van der Waals surface area contributed by atoms with Gasteiger partial charge in [0.2, 0.25) is 6.54 Å². The second kappa shape index (κ2) is 13.1. The average molecular weight is 356 g/mol. The van der Waals surface area contributed by atoms with Crippen molar-refractivity contribution in [2.45, 2.75) is 91.6 Å². The molecule has 0 aromatic carbocycles. The molecule has 7 heteroatoms. The highest BCUT2D eigenvalue weighted by atomic mass is 31.2. The molecule has 0 rings (SSSR count). The zero-order valence-electron chi connectivity index (χ0n) is 16.4. The standard InChI is InChI=1S/C17H34BN2O3P/c1-9-16(10-2)22-17(18)15(7)23-24(21-12-11-19-8)20(13(3)4)14(5)6/h13-17H,9-12H2,1-7H3/t15-,17?,24?/m1/s1. The molecule has 0 fully saturated rings. The Morgan fingerprint density at radius 3 is 2.04 bits per heavy atom. The smallest absolute Gasteiger partial charge is 0.259 e. The molecule has 0 N–H and O–H groups in total. The predicted octanol–water partition coefficient (Wildman–Crippen LogP) is 4.37. The Balaban J connectivity index is 4.92. The lowest BCUT2D eigenvalue weighted by molar-refractivity contribution is -0.0270. The molecular formula is C17H34BN2O3P. The van der Waals surface area contributed by atoms with Gasteiger partial charge in [-0.05, 0) is 47.5 Å². The van der Waals surface area contributed by atoms with Gasteiger partial charge in [0.1, 0.15) is 14.5 Å². The van der Waals surface area contributed by atoms with Crippen molar-refractivity contribution >= 4 is 16.4 Å². The Hall–Kier alpha value is -0.175. The van der Waals surface area contributed by atoms with E-state index in [0.29, 0.717) is 13.2 Å². The summed E-state index contributed by atoms with van der Waals surface area (Å²) in [5.41, 5.74) is 0. The minimum absolute atomic E-state index is 0.145. The van der Waals surface area contributed by atoms with E-state index in [4.69, 9.17) is 28.2 Å². The molecule has 0 saturated heterocycles. The Morgan fingerprint density at radius 1 is 1.08 bits per heavy atom. The van der Waals surface area contributed by atoms with Crippen molar-refractivity contribution in [1.29, 1.82) is 0 Å². The van der Waals surface area contributed by atoms with Crippen LogP contribution in [0.1, 0.15) is 61.3 Å². The molecule has 0 aliphatic heterocycles. The summed E-state index contributed by atoms with van der Waals surface area (Å²) in [6.07, 6.45) is 1.71. The van der Waals surface area contributed by atoms with Crippen LogP contribution in [0.3, 0.4) is 0 Å². The fourth-order valence-corrected chi connectivity index (χ4v) is 4.01. The van der Waals surface area contributed by atoms with Crippen LogP contribution in [0.5, 0.6) is 0 Å². The molecule has 2 unspecified atom stereocenters. The molecular weight excluding hydrogens is 322 g/mol. The molecule has 0 amide bonds. The normalized spacial score (nSPS) is 15.9. The summed E-state index contributed by atoms with van der Waals surface area (Å²) < 4.78 is 20.1. The number of nitrogens with zero attached hydrogens (tertiary/aromatic N) is 2. The first-order chi connectivity index (χ1) is 11.3. The van der Waals surface area contributed by atoms with Crippen LogP contribution in [-0.2, 0) is 13.8 Å². The van der Waals surface area contributed by atoms with E-state index in [1.165, 1.54) is 0 Å². The van der Waals surface area contributed by atoms with Crippen molar-refractivity contribution in [1.82, 2.24) is 4.67 Å². The van der Waals surface area contributed by atoms with Crippen LogP contribution < -0.4 is 0 Å². The molecule has 0 aliphatic rings. The van der Waals surface area contributed by atoms with E-state index in [1.807, 2.05) is 6.92 Å². The van der Waals surface area contributed by atoms with E-state index in [2.05, 4.69) is 51.1 Å². The van der Waals surface area contributed by atoms with Crippen molar-refractivity contribution in [3.8, 4) is 0 Å². The van der Waals surface area contributed by atoms with Gasteiger partial charge in [-0.15, -0.1) is 0 Å². The molecule has 0 bridgehead atoms. The molecule has 0 aromatic rings. The first kappa shape index (κ1) is 23.8. The average Bonchev–Trinajstić information content (AvgIpc) is 2.51. The van der Waals surface area contributed by atoms with Crippen LogP contribution in [0.15, 0.2) is 0 Å². The minimum atomic E-state index is -1.29. The number of hydrogen-bond donors (Lipinski definition) is 0. The van der Waals surface area contributed by atoms with Crippen molar-refractivity contribution in [3.63, 3.8) is 0 Å². The lowest BCUT2D eigenvalue weighted by atomic mass is 9.95. The summed E-state index contributed by atoms with van der Waals surface area (Å²) in [6.45, 7) is 22.2. The van der Waals surface area contributed by atoms with Crippen molar-refractivity contribution in [2.24, 2.45) is 0 Å². The fraction of sp³-hybridized carbons (Fsp3) is 0.941. The van der Waals surface area contributed by atoms with E-state index < -0.39 is 14.5 Å². The van der Waals surface area contributed by atoms with Crippen LogP contribution in [0.25, 0.3) is 4.85 Å². The van der Waals surface area contributed by atoms with Gasteiger partial charge in [-0.2, -0.15) is 0 Å². The summed E-state index contributed by atoms with van der Waals surface area (Å²) in [6, 6.07) is 0.0467. The number of rotatable bonds is 13. The summed E-state index contributed by atoms with van der Waals surface area (Å²) in [4.78, 5) is 3.34. The van der Waals surface area contributed by atoms with Gasteiger partial charge in [0.15, 0.2) is 0 Å². The molecule has 138 valence electrons. The molecule has 0 heterocycles. The van der Waals surface area contributed by atoms with Crippen LogP contribution in [0.2, 0.25) is 0 Å². The highest BCUT2D eigenvalue weighted by Gasteiger charge is 2.30. The van der Waals surface area contributed by atoms with Gasteiger partial charge in [0, 0.05) is 18.1 Å². The largest absolute Gasteiger partial charge is 0.382 e. The Labute approximate surface area is 151 Å². The topological polar surface area (TPSA) is 35.3 Å². The second-order valence-corrected chi connectivity index (χ2v) is 7.78. The Bertz CT molecular complexity index is 354. The summed E-state index contributed by atoms with van der Waals surface area (Å²) >= 11 is 0. The maximum absolute atomic E-state index is 6.91. The Kier molecular flexibility index (Phi) is 13.0. The van der Waals surface area contributed by atoms with Crippen LogP contribution in [-0.4, -0.2) is 56.0 Å². The van der Waals surface area contributed by atoms with Gasteiger partial charge >= 0.3 is 0 Å². The van der Waals surface area contributed by atoms with Gasteiger partial charge in [-0.25, -0.2) is 11.2 Å². The van der Waals surface area contributed by atoms with E-state index >= 15 is 0 Å². The van der Waals surface area contributed by atoms with Gasteiger partial charge in [0.25, 0.3) is 8.53 Å². The second-order valence-electron chi connectivity index (χ2n) is 6.37. The summed E-state index contributed by atoms with van der Waals surface area (Å²) in [7, 11) is 4.88. The van der Waals surface area contributed by atoms with Crippen molar-refractivity contribution in [3.05, 3.63) is 11.4 Å². The van der Waals surface area contributed by atoms with Crippen LogP contribution in [0.4, 0.5) is 0 Å². The fourth-order valence-electron chi connectivity index (χ4n) is 2.31. The Morgan fingerprint density at radius 2 is 1.62 bits per heavy atom. The molecule has 0 saturated carbocycles. The van der Waals surface area contributed by atoms with E-state index in [9.17, 15) is 0 Å². The molecule has 5 nitrogen and oxygen atoms in total. The van der Waals surface area contributed by atoms with Crippen molar-refractivity contribution in [2.75, 3.05) is 13.2 Å². The van der Waals surface area contributed by atoms with E-state index in [0.717, 1.165) is 12.8 Å². The maximum atomic E-state index is 6.91. The third kappa shape index (κ3) is 8.78. The molecule has 0 aromatic heterocycles. The highest BCUT2D eigenvalue weighted by molar-refractivity contribution is 7.44. The van der Waals surface area contributed by atoms with Crippen molar-refractivity contribution < 1.29 is 13.8 Å². The third-order valence-corrected chi connectivity index (χ3v) is 5.85. The first-order valence-electron chi connectivity index (χ1n) is 8.90. The SMILES string of the molecule is [B]C(OC(CC)CC)[C@@H](C)OP(OCC[N+]#[C-])N(C(C)C)C(C)C. The van der Waals surface area contributed by atoms with Gasteiger partial charge in [-0.1, -0.05) is 13.8 Å². The zero-order valence-corrected chi connectivity index (χ0v) is 17.3. The summed E-state index contributed by atoms with van der Waals surface area (Å²) in [5, 5.41) is 0. The quantitative estimate of drug-likeness (QED) is 0.212. The van der Waals surface area contributed by atoms with E-state index in [-0.39, 0.29) is 24.3 Å². The van der Waals surface area contributed by atoms with Gasteiger partial charge < -0.3 is 18.6 Å².